The highest BCUT2D eigenvalue weighted by Crippen LogP contribution is 2.26. The minimum Gasteiger partial charge on any atom is -0.451 e. The predicted octanol–water partition coefficient (Wildman–Crippen LogP) is 5.12. The number of rotatable bonds is 4. The van der Waals surface area contributed by atoms with Gasteiger partial charge >= 0.3 is 0 Å². The molecule has 0 saturated carbocycles. The van der Waals surface area contributed by atoms with Gasteiger partial charge in [-0.1, -0.05) is 28.9 Å². The van der Waals surface area contributed by atoms with Gasteiger partial charge in [-0.3, -0.25) is 4.79 Å². The first-order valence-corrected chi connectivity index (χ1v) is 8.57. The van der Waals surface area contributed by atoms with E-state index in [1.807, 2.05) is 12.1 Å². The molecule has 0 aliphatic heterocycles. The molecule has 0 radical (unpaired) electrons. The monoisotopic (exact) mass is 384 g/mol. The highest BCUT2D eigenvalue weighted by atomic mass is 35.5. The second-order valence-corrected chi connectivity index (χ2v) is 6.50. The van der Waals surface area contributed by atoms with E-state index in [1.165, 1.54) is 18.2 Å². The second-order valence-electron chi connectivity index (χ2n) is 6.06. The molecular weight excluding hydrogens is 371 g/mol. The topological polar surface area (TPSA) is 68.3 Å². The number of carbonyl (C=O) groups excluding carboxylic acids is 1. The molecule has 2 aromatic heterocycles. The van der Waals surface area contributed by atoms with Gasteiger partial charge in [-0.25, -0.2) is 4.39 Å². The van der Waals surface area contributed by atoms with Gasteiger partial charge in [-0.2, -0.15) is 0 Å². The fourth-order valence-corrected chi connectivity index (χ4v) is 2.94. The molecule has 0 aliphatic carbocycles. The Labute approximate surface area is 158 Å². The van der Waals surface area contributed by atoms with E-state index in [4.69, 9.17) is 20.5 Å². The molecule has 0 unspecified atom stereocenters. The van der Waals surface area contributed by atoms with E-state index in [2.05, 4.69) is 10.5 Å². The first-order valence-electron chi connectivity index (χ1n) is 8.19. The quantitative estimate of drug-likeness (QED) is 0.530. The number of hydrogen-bond donors (Lipinski definition) is 1. The minimum atomic E-state index is -0.409. The van der Waals surface area contributed by atoms with E-state index in [1.54, 1.807) is 25.1 Å². The Kier molecular flexibility index (Phi) is 4.41. The Morgan fingerprint density at radius 1 is 1.19 bits per heavy atom. The van der Waals surface area contributed by atoms with E-state index in [-0.39, 0.29) is 18.1 Å². The number of aromatic nitrogens is 1. The number of amides is 1. The van der Waals surface area contributed by atoms with Crippen LogP contribution in [0.3, 0.4) is 0 Å². The van der Waals surface area contributed by atoms with Crippen LogP contribution in [0.4, 0.5) is 4.39 Å². The van der Waals surface area contributed by atoms with Crippen LogP contribution in [0.5, 0.6) is 0 Å². The maximum Gasteiger partial charge on any atom is 0.287 e. The van der Waals surface area contributed by atoms with Crippen LogP contribution >= 0.6 is 11.6 Å². The Bertz CT molecular complexity index is 1130. The highest BCUT2D eigenvalue weighted by molar-refractivity contribution is 6.30. The highest BCUT2D eigenvalue weighted by Gasteiger charge is 2.18. The zero-order valence-corrected chi connectivity index (χ0v) is 15.0. The molecule has 0 bridgehead atoms. The van der Waals surface area contributed by atoms with E-state index in [0.29, 0.717) is 33.0 Å². The number of aryl methyl sites for hydroxylation is 1. The largest absolute Gasteiger partial charge is 0.451 e. The standard InChI is InChI=1S/C20H14ClFN2O3/c1-11-16-8-14(22)6-7-18(16)26-19(11)20(25)23-10-15-9-17(24-27-15)12-2-4-13(21)5-3-12/h2-9H,10H2,1H3,(H,23,25). The van der Waals surface area contributed by atoms with Gasteiger partial charge in [0.1, 0.15) is 17.1 Å². The maximum atomic E-state index is 13.4. The summed E-state index contributed by atoms with van der Waals surface area (Å²) in [6, 6.07) is 13.1. The summed E-state index contributed by atoms with van der Waals surface area (Å²) < 4.78 is 24.2. The van der Waals surface area contributed by atoms with Crippen molar-refractivity contribution in [1.82, 2.24) is 10.5 Å². The van der Waals surface area contributed by atoms with E-state index in [0.717, 1.165) is 5.56 Å². The molecule has 0 aliphatic rings. The van der Waals surface area contributed by atoms with Crippen molar-refractivity contribution in [2.75, 3.05) is 0 Å². The summed E-state index contributed by atoms with van der Waals surface area (Å²) >= 11 is 5.88. The van der Waals surface area contributed by atoms with Crippen LogP contribution in [0.15, 0.2) is 57.5 Å². The van der Waals surface area contributed by atoms with Gasteiger partial charge in [0.2, 0.25) is 0 Å². The molecule has 1 amide bonds. The smallest absolute Gasteiger partial charge is 0.287 e. The van der Waals surface area contributed by atoms with Crippen LogP contribution in [0, 0.1) is 12.7 Å². The predicted molar refractivity (Wildman–Crippen MR) is 99.0 cm³/mol. The summed E-state index contributed by atoms with van der Waals surface area (Å²) in [5, 5.41) is 7.93. The van der Waals surface area contributed by atoms with Crippen LogP contribution in [0.25, 0.3) is 22.2 Å². The fraction of sp³-hybridized carbons (Fsp3) is 0.100. The van der Waals surface area contributed by atoms with Crippen molar-refractivity contribution >= 4 is 28.5 Å². The van der Waals surface area contributed by atoms with Crippen LogP contribution in [-0.4, -0.2) is 11.1 Å². The van der Waals surface area contributed by atoms with Gasteiger partial charge in [0.15, 0.2) is 11.5 Å². The molecule has 0 fully saturated rings. The second kappa shape index (κ2) is 6.89. The lowest BCUT2D eigenvalue weighted by atomic mass is 10.1. The van der Waals surface area contributed by atoms with Crippen molar-refractivity contribution < 1.29 is 18.1 Å². The third-order valence-corrected chi connectivity index (χ3v) is 4.48. The Morgan fingerprint density at radius 2 is 1.96 bits per heavy atom. The lowest BCUT2D eigenvalue weighted by Crippen LogP contribution is -2.22. The zero-order valence-electron chi connectivity index (χ0n) is 14.3. The third kappa shape index (κ3) is 3.44. The molecule has 27 heavy (non-hydrogen) atoms. The van der Waals surface area contributed by atoms with Gasteiger partial charge in [-0.15, -0.1) is 0 Å². The lowest BCUT2D eigenvalue weighted by molar-refractivity contribution is 0.0920. The van der Waals surface area contributed by atoms with Gasteiger partial charge in [-0.05, 0) is 37.3 Å². The van der Waals surface area contributed by atoms with E-state index in [9.17, 15) is 9.18 Å². The number of furan rings is 1. The molecule has 7 heteroatoms. The van der Waals surface area contributed by atoms with Crippen LogP contribution < -0.4 is 5.32 Å². The lowest BCUT2D eigenvalue weighted by Gasteiger charge is -2.00. The fourth-order valence-electron chi connectivity index (χ4n) is 2.81. The first-order chi connectivity index (χ1) is 13.0. The van der Waals surface area contributed by atoms with E-state index >= 15 is 0 Å². The molecule has 0 atom stereocenters. The van der Waals surface area contributed by atoms with Crippen molar-refractivity contribution in [3.8, 4) is 11.3 Å². The normalized spacial score (nSPS) is 11.1. The van der Waals surface area contributed by atoms with Crippen molar-refractivity contribution in [3.63, 3.8) is 0 Å². The Morgan fingerprint density at radius 3 is 2.74 bits per heavy atom. The number of nitrogens with zero attached hydrogens (tertiary/aromatic N) is 1. The van der Waals surface area contributed by atoms with Gasteiger partial charge in [0, 0.05) is 27.6 Å². The van der Waals surface area contributed by atoms with Gasteiger partial charge in [0.25, 0.3) is 5.91 Å². The van der Waals surface area contributed by atoms with Crippen LogP contribution in [0.1, 0.15) is 21.9 Å². The summed E-state index contributed by atoms with van der Waals surface area (Å²) in [6.07, 6.45) is 0. The summed E-state index contributed by atoms with van der Waals surface area (Å²) in [5.74, 6) is -0.149. The minimum absolute atomic E-state index is 0.143. The van der Waals surface area contributed by atoms with Crippen molar-refractivity contribution in [1.29, 1.82) is 0 Å². The Balaban J connectivity index is 1.48. The van der Waals surface area contributed by atoms with Crippen molar-refractivity contribution in [2.24, 2.45) is 0 Å². The van der Waals surface area contributed by atoms with Crippen LogP contribution in [0.2, 0.25) is 5.02 Å². The molecule has 1 N–H and O–H groups in total. The molecule has 2 heterocycles. The van der Waals surface area contributed by atoms with Crippen molar-refractivity contribution in [3.05, 3.63) is 76.5 Å². The number of halogens is 2. The first kappa shape index (κ1) is 17.3. The number of hydrogen-bond acceptors (Lipinski definition) is 4. The molecule has 5 nitrogen and oxygen atoms in total. The molecule has 2 aromatic carbocycles. The molecule has 4 rings (SSSR count). The number of benzene rings is 2. The number of fused-ring (bicyclic) bond motifs is 1. The zero-order chi connectivity index (χ0) is 19.0. The summed E-state index contributed by atoms with van der Waals surface area (Å²) in [6.45, 7) is 1.86. The van der Waals surface area contributed by atoms with Crippen molar-refractivity contribution in [2.45, 2.75) is 13.5 Å². The van der Waals surface area contributed by atoms with E-state index < -0.39 is 5.91 Å². The molecule has 0 spiro atoms. The Hall–Kier alpha value is -3.12. The molecule has 136 valence electrons. The molecule has 4 aromatic rings. The van der Waals surface area contributed by atoms with Gasteiger partial charge in [0.05, 0.1) is 6.54 Å². The summed E-state index contributed by atoms with van der Waals surface area (Å²) in [4.78, 5) is 12.4. The third-order valence-electron chi connectivity index (χ3n) is 4.23. The number of nitrogens with one attached hydrogen (secondary N) is 1. The van der Waals surface area contributed by atoms with Gasteiger partial charge < -0.3 is 14.3 Å². The average Bonchev–Trinajstić information content (AvgIpc) is 3.26. The molecule has 0 saturated heterocycles. The molecular formula is C20H14ClFN2O3. The van der Waals surface area contributed by atoms with Crippen LogP contribution in [-0.2, 0) is 6.54 Å². The summed E-state index contributed by atoms with van der Waals surface area (Å²) in [5.41, 5.74) is 2.55. The maximum absolute atomic E-state index is 13.4. The number of carbonyl (C=O) groups is 1. The average molecular weight is 385 g/mol. The summed E-state index contributed by atoms with van der Waals surface area (Å²) in [7, 11) is 0. The SMILES string of the molecule is Cc1c(C(=O)NCc2cc(-c3ccc(Cl)cc3)no2)oc2ccc(F)cc12.